The molecule has 4 amide bonds. The Hall–Kier alpha value is -3.62. The molecule has 2 aromatic rings. The minimum atomic E-state index is -1.04. The molecule has 1 aromatic heterocycles. The van der Waals surface area contributed by atoms with Crippen molar-refractivity contribution in [2.24, 2.45) is 5.10 Å². The van der Waals surface area contributed by atoms with Gasteiger partial charge in [0.15, 0.2) is 0 Å². The number of urea groups is 1. The summed E-state index contributed by atoms with van der Waals surface area (Å²) in [6, 6.07) is 9.83. The summed E-state index contributed by atoms with van der Waals surface area (Å²) in [7, 11) is 1.59. The van der Waals surface area contributed by atoms with Crippen LogP contribution in [0.25, 0.3) is 0 Å². The molecule has 0 saturated carbocycles. The zero-order chi connectivity index (χ0) is 21.5. The summed E-state index contributed by atoms with van der Waals surface area (Å²) in [6.45, 7) is 2.79. The van der Waals surface area contributed by atoms with E-state index < -0.39 is 36.0 Å². The second-order valence-electron chi connectivity index (χ2n) is 7.70. The first kappa shape index (κ1) is 19.7. The molecular formula is C21H22N4O5. The van der Waals surface area contributed by atoms with Crippen molar-refractivity contribution in [3.05, 3.63) is 54.0 Å². The second kappa shape index (κ2) is 7.33. The molecule has 0 spiro atoms. The van der Waals surface area contributed by atoms with Crippen LogP contribution in [-0.4, -0.2) is 52.7 Å². The predicted molar refractivity (Wildman–Crippen MR) is 107 cm³/mol. The van der Waals surface area contributed by atoms with Crippen LogP contribution in [0.4, 0.5) is 4.79 Å². The molecule has 0 unspecified atom stereocenters. The van der Waals surface area contributed by atoms with Crippen LogP contribution in [0.15, 0.2) is 52.2 Å². The number of ether oxygens (including phenoxy) is 1. The first-order chi connectivity index (χ1) is 14.3. The Kier molecular flexibility index (Phi) is 4.81. The lowest BCUT2D eigenvalue weighted by Crippen LogP contribution is -2.43. The fraction of sp³-hybridized carbons (Fsp3) is 0.333. The zero-order valence-electron chi connectivity index (χ0n) is 16.9. The number of hydrogen-bond donors (Lipinski definition) is 1. The number of nitrogens with one attached hydrogen (secondary N) is 1. The lowest BCUT2D eigenvalue weighted by molar-refractivity contribution is -0.139. The molecule has 3 heterocycles. The van der Waals surface area contributed by atoms with E-state index in [4.69, 9.17) is 9.15 Å². The normalized spacial score (nSPS) is 20.4. The Bertz CT molecular complexity index is 1010. The largest absolute Gasteiger partial charge is 0.497 e. The molecular weight excluding hydrogens is 388 g/mol. The highest BCUT2D eigenvalue weighted by Crippen LogP contribution is 2.33. The Morgan fingerprint density at radius 2 is 2.00 bits per heavy atom. The van der Waals surface area contributed by atoms with E-state index in [1.165, 1.54) is 11.3 Å². The Labute approximate surface area is 173 Å². The lowest BCUT2D eigenvalue weighted by Gasteiger charge is -2.22. The maximum Gasteiger partial charge on any atom is 0.325 e. The molecule has 1 aromatic carbocycles. The van der Waals surface area contributed by atoms with Crippen molar-refractivity contribution in [3.63, 3.8) is 0 Å². The number of hydrogen-bond acceptors (Lipinski definition) is 6. The molecule has 2 aliphatic rings. The van der Waals surface area contributed by atoms with Crippen LogP contribution >= 0.6 is 0 Å². The van der Waals surface area contributed by atoms with Crippen LogP contribution in [0.5, 0.6) is 5.75 Å². The molecule has 4 rings (SSSR count). The average Bonchev–Trinajstić information content (AvgIpc) is 3.43. The van der Waals surface area contributed by atoms with Gasteiger partial charge in [-0.25, -0.2) is 9.80 Å². The minimum absolute atomic E-state index is 0.398. The van der Waals surface area contributed by atoms with Crippen LogP contribution in [0.2, 0.25) is 0 Å². The van der Waals surface area contributed by atoms with Gasteiger partial charge in [0, 0.05) is 6.42 Å². The number of rotatable bonds is 5. The number of carbonyl (C=O) groups excluding carboxylic acids is 3. The average molecular weight is 410 g/mol. The highest BCUT2D eigenvalue weighted by atomic mass is 16.5. The van der Waals surface area contributed by atoms with E-state index in [0.717, 1.165) is 10.5 Å². The SMILES string of the molecule is COc1ccc(C2=NN(C(=O)CN3C(=O)NC(C)(C)C3=O)[C@@H](c3ccco3)C2)cc1. The quantitative estimate of drug-likeness (QED) is 0.762. The third kappa shape index (κ3) is 3.42. The van der Waals surface area contributed by atoms with Gasteiger partial charge in [-0.2, -0.15) is 5.10 Å². The van der Waals surface area contributed by atoms with Crippen molar-refractivity contribution in [1.82, 2.24) is 15.2 Å². The molecule has 30 heavy (non-hydrogen) atoms. The molecule has 1 saturated heterocycles. The molecule has 0 aliphatic carbocycles. The van der Waals surface area contributed by atoms with E-state index in [1.807, 2.05) is 24.3 Å². The van der Waals surface area contributed by atoms with E-state index in [1.54, 1.807) is 33.1 Å². The summed E-state index contributed by atoms with van der Waals surface area (Å²) in [6.07, 6.45) is 1.97. The standard InChI is InChI=1S/C21H22N4O5/c1-21(2)19(27)24(20(28)22-21)12-18(26)25-16(17-5-4-10-30-17)11-15(23-25)13-6-8-14(29-3)9-7-13/h4-10,16H,11-12H2,1-3H3,(H,22,28)/t16-/m1/s1. The Morgan fingerprint density at radius 3 is 2.57 bits per heavy atom. The number of amides is 4. The van der Waals surface area contributed by atoms with Crippen LogP contribution in [-0.2, 0) is 9.59 Å². The third-order valence-electron chi connectivity index (χ3n) is 5.20. The highest BCUT2D eigenvalue weighted by Gasteiger charge is 2.46. The van der Waals surface area contributed by atoms with Gasteiger partial charge in [-0.1, -0.05) is 0 Å². The van der Waals surface area contributed by atoms with Gasteiger partial charge >= 0.3 is 6.03 Å². The molecule has 156 valence electrons. The van der Waals surface area contributed by atoms with Gasteiger partial charge in [0.25, 0.3) is 11.8 Å². The van der Waals surface area contributed by atoms with Gasteiger partial charge in [0.2, 0.25) is 0 Å². The third-order valence-corrected chi connectivity index (χ3v) is 5.20. The van der Waals surface area contributed by atoms with E-state index in [0.29, 0.717) is 23.6 Å². The van der Waals surface area contributed by atoms with Crippen molar-refractivity contribution in [3.8, 4) is 5.75 Å². The predicted octanol–water partition coefficient (Wildman–Crippen LogP) is 2.30. The number of furan rings is 1. The molecule has 9 nitrogen and oxygen atoms in total. The molecule has 0 bridgehead atoms. The summed E-state index contributed by atoms with van der Waals surface area (Å²) >= 11 is 0. The van der Waals surface area contributed by atoms with Gasteiger partial charge in [-0.15, -0.1) is 0 Å². The summed E-state index contributed by atoms with van der Waals surface area (Å²) < 4.78 is 10.7. The van der Waals surface area contributed by atoms with Crippen LogP contribution in [0, 0.1) is 0 Å². The molecule has 1 atom stereocenters. The first-order valence-corrected chi connectivity index (χ1v) is 9.51. The number of hydrazone groups is 1. The van der Waals surface area contributed by atoms with Crippen molar-refractivity contribution in [2.75, 3.05) is 13.7 Å². The number of nitrogens with zero attached hydrogens (tertiary/aromatic N) is 3. The topological polar surface area (TPSA) is 104 Å². The highest BCUT2D eigenvalue weighted by molar-refractivity contribution is 6.09. The van der Waals surface area contributed by atoms with Crippen molar-refractivity contribution in [2.45, 2.75) is 31.8 Å². The second-order valence-corrected chi connectivity index (χ2v) is 7.70. The maximum absolute atomic E-state index is 13.1. The van der Waals surface area contributed by atoms with E-state index >= 15 is 0 Å². The summed E-state index contributed by atoms with van der Waals surface area (Å²) in [5, 5.41) is 8.38. The maximum atomic E-state index is 13.1. The van der Waals surface area contributed by atoms with E-state index in [-0.39, 0.29) is 0 Å². The van der Waals surface area contributed by atoms with E-state index in [9.17, 15) is 14.4 Å². The number of benzene rings is 1. The van der Waals surface area contributed by atoms with Crippen LogP contribution < -0.4 is 10.1 Å². The molecule has 1 N–H and O–H groups in total. The van der Waals surface area contributed by atoms with Gasteiger partial charge in [-0.3, -0.25) is 14.5 Å². The van der Waals surface area contributed by atoms with Crippen LogP contribution in [0.3, 0.4) is 0 Å². The Balaban J connectivity index is 1.60. The molecule has 1 fully saturated rings. The lowest BCUT2D eigenvalue weighted by atomic mass is 10.0. The number of methoxy groups -OCH3 is 1. The number of imide groups is 1. The summed E-state index contributed by atoms with van der Waals surface area (Å²) in [5.74, 6) is 0.372. The minimum Gasteiger partial charge on any atom is -0.497 e. The van der Waals surface area contributed by atoms with Gasteiger partial charge < -0.3 is 14.5 Å². The van der Waals surface area contributed by atoms with Crippen molar-refractivity contribution >= 4 is 23.6 Å². The fourth-order valence-electron chi connectivity index (χ4n) is 3.57. The Morgan fingerprint density at radius 1 is 1.27 bits per heavy atom. The molecule has 9 heteroatoms. The summed E-state index contributed by atoms with van der Waals surface area (Å²) in [5.41, 5.74) is 0.504. The van der Waals surface area contributed by atoms with E-state index in [2.05, 4.69) is 10.4 Å². The van der Waals surface area contributed by atoms with Gasteiger partial charge in [-0.05, 0) is 55.8 Å². The first-order valence-electron chi connectivity index (χ1n) is 9.51. The molecule has 0 radical (unpaired) electrons. The summed E-state index contributed by atoms with van der Waals surface area (Å²) in [4.78, 5) is 38.6. The molecule has 2 aliphatic heterocycles. The van der Waals surface area contributed by atoms with Crippen molar-refractivity contribution < 1.29 is 23.5 Å². The zero-order valence-corrected chi connectivity index (χ0v) is 16.9. The monoisotopic (exact) mass is 410 g/mol. The fourth-order valence-corrected chi connectivity index (χ4v) is 3.57. The number of carbonyl (C=O) groups is 3. The van der Waals surface area contributed by atoms with Gasteiger partial charge in [0.05, 0.1) is 19.1 Å². The van der Waals surface area contributed by atoms with Crippen LogP contribution in [0.1, 0.15) is 37.6 Å². The smallest absolute Gasteiger partial charge is 0.325 e. The van der Waals surface area contributed by atoms with Crippen molar-refractivity contribution in [1.29, 1.82) is 0 Å². The van der Waals surface area contributed by atoms with Gasteiger partial charge in [0.1, 0.15) is 29.6 Å².